The van der Waals surface area contributed by atoms with E-state index in [2.05, 4.69) is 21.9 Å². The monoisotopic (exact) mass is 327 g/mol. The van der Waals surface area contributed by atoms with Crippen LogP contribution in [0.3, 0.4) is 0 Å². The molecule has 1 amide bonds. The zero-order chi connectivity index (χ0) is 16.6. The van der Waals surface area contributed by atoms with Gasteiger partial charge in [0.25, 0.3) is 5.91 Å². The van der Waals surface area contributed by atoms with Crippen LogP contribution in [-0.2, 0) is 0 Å². The van der Waals surface area contributed by atoms with Crippen LogP contribution in [0.2, 0.25) is 0 Å². The maximum absolute atomic E-state index is 13.8. The normalized spacial score (nSPS) is 11.9. The highest BCUT2D eigenvalue weighted by Gasteiger charge is 2.14. The summed E-state index contributed by atoms with van der Waals surface area (Å²) < 4.78 is 13.8. The molecule has 0 spiro atoms. The number of nitrogens with one attached hydrogen (secondary N) is 1. The number of thiazole rings is 1. The van der Waals surface area contributed by atoms with Gasteiger partial charge in [0.05, 0.1) is 0 Å². The summed E-state index contributed by atoms with van der Waals surface area (Å²) in [6, 6.07) is 6.60. The van der Waals surface area contributed by atoms with Gasteiger partial charge >= 0.3 is 0 Å². The van der Waals surface area contributed by atoms with Crippen molar-refractivity contribution in [2.75, 3.05) is 5.32 Å². The van der Waals surface area contributed by atoms with Gasteiger partial charge in [0.1, 0.15) is 16.2 Å². The highest BCUT2D eigenvalue weighted by atomic mass is 32.1. The first-order valence-electron chi connectivity index (χ1n) is 6.98. The van der Waals surface area contributed by atoms with Gasteiger partial charge in [-0.15, -0.1) is 0 Å². The van der Waals surface area contributed by atoms with Crippen LogP contribution in [-0.4, -0.2) is 15.9 Å². The van der Waals surface area contributed by atoms with Crippen LogP contribution in [0.4, 0.5) is 10.1 Å². The van der Waals surface area contributed by atoms with Crippen molar-refractivity contribution >= 4 is 45.9 Å². The van der Waals surface area contributed by atoms with E-state index in [1.54, 1.807) is 19.1 Å². The molecule has 2 heterocycles. The van der Waals surface area contributed by atoms with Crippen LogP contribution in [0.5, 0.6) is 0 Å². The Balaban J connectivity index is 1.94. The van der Waals surface area contributed by atoms with Crippen LogP contribution in [0.25, 0.3) is 23.0 Å². The summed E-state index contributed by atoms with van der Waals surface area (Å²) >= 11 is 1.21. The molecule has 0 aliphatic rings. The lowest BCUT2D eigenvalue weighted by molar-refractivity contribution is 0.102. The molecule has 4 nitrogen and oxygen atoms in total. The van der Waals surface area contributed by atoms with Crippen LogP contribution in [0.15, 0.2) is 24.3 Å². The van der Waals surface area contributed by atoms with Crippen LogP contribution in [0.1, 0.15) is 22.4 Å². The van der Waals surface area contributed by atoms with Gasteiger partial charge < -0.3 is 5.32 Å². The Bertz CT molecular complexity index is 1030. The Morgan fingerprint density at radius 2 is 2.13 bits per heavy atom. The number of hydrogen-bond acceptors (Lipinski definition) is 4. The van der Waals surface area contributed by atoms with E-state index in [-0.39, 0.29) is 5.91 Å². The second-order valence-corrected chi connectivity index (χ2v) is 6.04. The van der Waals surface area contributed by atoms with E-state index in [0.717, 1.165) is 5.69 Å². The maximum atomic E-state index is 13.8. The smallest absolute Gasteiger partial charge is 0.284 e. The second-order valence-electron chi connectivity index (χ2n) is 5.06. The first kappa shape index (κ1) is 15.3. The molecule has 0 saturated carbocycles. The van der Waals surface area contributed by atoms with Crippen molar-refractivity contribution in [1.29, 1.82) is 0 Å². The van der Waals surface area contributed by atoms with E-state index < -0.39 is 5.82 Å². The number of nitrogens with zero attached hydrogens (tertiary/aromatic N) is 2. The SMILES string of the molecule is C=c1c(F)cc(NC(=O)c2nc3ccc(C)nc3s2)c/c1=C/C. The minimum absolute atomic E-state index is 0.291. The molecule has 0 aliphatic heterocycles. The fraction of sp³-hybridized carbons (Fsp3) is 0.118. The molecule has 3 rings (SSSR count). The third kappa shape index (κ3) is 2.98. The molecule has 0 bridgehead atoms. The van der Waals surface area contributed by atoms with Gasteiger partial charge in [0, 0.05) is 16.6 Å². The summed E-state index contributed by atoms with van der Waals surface area (Å²) in [5.41, 5.74) is 1.91. The quantitative estimate of drug-likeness (QED) is 0.787. The van der Waals surface area contributed by atoms with Gasteiger partial charge in [-0.3, -0.25) is 4.79 Å². The molecule has 0 radical (unpaired) electrons. The zero-order valence-corrected chi connectivity index (χ0v) is 13.5. The molecule has 0 aliphatic carbocycles. The highest BCUT2D eigenvalue weighted by Crippen LogP contribution is 2.21. The Labute approximate surface area is 136 Å². The number of aryl methyl sites for hydroxylation is 1. The summed E-state index contributed by atoms with van der Waals surface area (Å²) in [4.78, 5) is 21.6. The molecule has 0 fully saturated rings. The lowest BCUT2D eigenvalue weighted by Crippen LogP contribution is -2.27. The maximum Gasteiger partial charge on any atom is 0.284 e. The van der Waals surface area contributed by atoms with Crippen molar-refractivity contribution < 1.29 is 9.18 Å². The number of hydrogen-bond donors (Lipinski definition) is 1. The molecule has 6 heteroatoms. The number of fused-ring (bicyclic) bond motifs is 1. The van der Waals surface area contributed by atoms with E-state index in [1.165, 1.54) is 17.4 Å². The van der Waals surface area contributed by atoms with Crippen molar-refractivity contribution in [2.24, 2.45) is 0 Å². The molecule has 0 atom stereocenters. The molecule has 23 heavy (non-hydrogen) atoms. The topological polar surface area (TPSA) is 54.9 Å². The number of aromatic nitrogens is 2. The Hall–Kier alpha value is -2.60. The molecule has 1 N–H and O–H groups in total. The molecule has 3 aromatic rings. The fourth-order valence-corrected chi connectivity index (χ4v) is 3.06. The van der Waals surface area contributed by atoms with Gasteiger partial charge in [0.2, 0.25) is 0 Å². The van der Waals surface area contributed by atoms with Gasteiger partial charge in [0.15, 0.2) is 5.01 Å². The van der Waals surface area contributed by atoms with Crippen molar-refractivity contribution in [2.45, 2.75) is 13.8 Å². The fourth-order valence-electron chi connectivity index (χ4n) is 2.18. The number of benzene rings is 1. The van der Waals surface area contributed by atoms with Crippen LogP contribution in [0, 0.1) is 12.7 Å². The minimum atomic E-state index is -0.461. The summed E-state index contributed by atoms with van der Waals surface area (Å²) in [6.07, 6.45) is 1.74. The predicted octanol–water partition coefficient (Wildman–Crippen LogP) is 2.60. The summed E-state index contributed by atoms with van der Waals surface area (Å²) in [5, 5.41) is 3.91. The predicted molar refractivity (Wildman–Crippen MR) is 91.4 cm³/mol. The molecule has 116 valence electrons. The van der Waals surface area contributed by atoms with Crippen LogP contribution < -0.4 is 15.8 Å². The molecule has 0 saturated heterocycles. The number of pyridine rings is 1. The van der Waals surface area contributed by atoms with E-state index >= 15 is 0 Å². The Morgan fingerprint density at radius 1 is 1.35 bits per heavy atom. The van der Waals surface area contributed by atoms with Gasteiger partial charge in [-0.2, -0.15) is 0 Å². The third-order valence-electron chi connectivity index (χ3n) is 3.39. The van der Waals surface area contributed by atoms with Gasteiger partial charge in [-0.05, 0) is 43.3 Å². The Morgan fingerprint density at radius 3 is 2.87 bits per heavy atom. The standard InChI is InChI=1S/C17H14FN3OS/c1-4-11-7-12(8-13(18)10(11)3)20-15(22)17-21-14-6-5-9(2)19-16(14)23-17/h4-8H,3H2,1-2H3,(H,20,22)/b11-4-. The van der Waals surface area contributed by atoms with Crippen LogP contribution >= 0.6 is 11.3 Å². The lowest BCUT2D eigenvalue weighted by atomic mass is 10.2. The molecular weight excluding hydrogens is 313 g/mol. The largest absolute Gasteiger partial charge is 0.320 e. The summed E-state index contributed by atoms with van der Waals surface area (Å²) in [7, 11) is 0. The lowest BCUT2D eigenvalue weighted by Gasteiger charge is -2.04. The number of amides is 1. The number of halogens is 1. The van der Waals surface area contributed by atoms with Crippen molar-refractivity contribution in [3.63, 3.8) is 0 Å². The summed E-state index contributed by atoms with van der Waals surface area (Å²) in [6.45, 7) is 7.34. The molecule has 1 aromatic carbocycles. The van der Waals surface area contributed by atoms with E-state index in [0.29, 0.717) is 31.5 Å². The molecule has 0 unspecified atom stereocenters. The van der Waals surface area contributed by atoms with E-state index in [9.17, 15) is 9.18 Å². The number of anilines is 1. The first-order chi connectivity index (χ1) is 11.0. The highest BCUT2D eigenvalue weighted by molar-refractivity contribution is 7.20. The van der Waals surface area contributed by atoms with Crippen molar-refractivity contribution in [3.05, 3.63) is 51.2 Å². The van der Waals surface area contributed by atoms with E-state index in [4.69, 9.17) is 0 Å². The van der Waals surface area contributed by atoms with E-state index in [1.807, 2.05) is 19.1 Å². The Kier molecular flexibility index (Phi) is 3.92. The third-order valence-corrected chi connectivity index (χ3v) is 4.35. The summed E-state index contributed by atoms with van der Waals surface area (Å²) in [5.74, 6) is -0.846. The first-order valence-corrected chi connectivity index (χ1v) is 7.80. The average molecular weight is 327 g/mol. The number of rotatable bonds is 2. The molecule has 2 aromatic heterocycles. The molecular formula is C17H14FN3OS. The average Bonchev–Trinajstić information content (AvgIpc) is 2.93. The minimum Gasteiger partial charge on any atom is -0.320 e. The second kappa shape index (κ2) is 5.89. The van der Waals surface area contributed by atoms with Gasteiger partial charge in [-0.1, -0.05) is 24.0 Å². The zero-order valence-electron chi connectivity index (χ0n) is 12.7. The number of carbonyl (C=O) groups is 1. The number of carbonyl (C=O) groups excluding carboxylic acids is 1. The van der Waals surface area contributed by atoms with Gasteiger partial charge in [-0.25, -0.2) is 14.4 Å². The van der Waals surface area contributed by atoms with Crippen molar-refractivity contribution in [1.82, 2.24) is 9.97 Å². The van der Waals surface area contributed by atoms with Crippen molar-refractivity contribution in [3.8, 4) is 0 Å².